The van der Waals surface area contributed by atoms with E-state index in [0.717, 1.165) is 32.7 Å². The first-order chi connectivity index (χ1) is 7.58. The van der Waals surface area contributed by atoms with Gasteiger partial charge in [0, 0.05) is 24.9 Å². The first-order valence-corrected chi connectivity index (χ1v) is 6.50. The number of ether oxygens (including phenoxy) is 3. The van der Waals surface area contributed by atoms with E-state index < -0.39 is 0 Å². The Kier molecular flexibility index (Phi) is 2.36. The van der Waals surface area contributed by atoms with Gasteiger partial charge in [-0.3, -0.25) is 0 Å². The van der Waals surface area contributed by atoms with E-state index in [4.69, 9.17) is 14.2 Å². The SMILES string of the molecule is CC1(C)OCCC12CCC1(CC2)OCCO1. The van der Waals surface area contributed by atoms with Crippen molar-refractivity contribution in [1.82, 2.24) is 0 Å². The maximum Gasteiger partial charge on any atom is 0.168 e. The Morgan fingerprint density at radius 3 is 1.81 bits per heavy atom. The molecule has 0 unspecified atom stereocenters. The van der Waals surface area contributed by atoms with Crippen molar-refractivity contribution < 1.29 is 14.2 Å². The third-order valence-electron chi connectivity index (χ3n) is 5.10. The van der Waals surface area contributed by atoms with Crippen molar-refractivity contribution in [3.63, 3.8) is 0 Å². The van der Waals surface area contributed by atoms with E-state index in [9.17, 15) is 0 Å². The van der Waals surface area contributed by atoms with Gasteiger partial charge in [0.05, 0.1) is 18.8 Å². The van der Waals surface area contributed by atoms with Crippen LogP contribution in [0, 0.1) is 5.41 Å². The van der Waals surface area contributed by atoms with Crippen LogP contribution in [0.2, 0.25) is 0 Å². The largest absolute Gasteiger partial charge is 0.375 e. The van der Waals surface area contributed by atoms with Crippen LogP contribution in [0.15, 0.2) is 0 Å². The Balaban J connectivity index is 1.74. The van der Waals surface area contributed by atoms with Gasteiger partial charge in [-0.05, 0) is 33.1 Å². The van der Waals surface area contributed by atoms with Crippen LogP contribution >= 0.6 is 0 Å². The molecule has 2 saturated heterocycles. The van der Waals surface area contributed by atoms with Crippen molar-refractivity contribution in [2.24, 2.45) is 5.41 Å². The van der Waals surface area contributed by atoms with Crippen LogP contribution in [0.3, 0.4) is 0 Å². The summed E-state index contributed by atoms with van der Waals surface area (Å²) in [4.78, 5) is 0. The lowest BCUT2D eigenvalue weighted by Crippen LogP contribution is -2.47. The second-order valence-corrected chi connectivity index (χ2v) is 6.00. The van der Waals surface area contributed by atoms with Crippen molar-refractivity contribution in [3.05, 3.63) is 0 Å². The summed E-state index contributed by atoms with van der Waals surface area (Å²) in [6.45, 7) is 6.95. The molecule has 0 amide bonds. The summed E-state index contributed by atoms with van der Waals surface area (Å²) in [5, 5.41) is 0. The van der Waals surface area contributed by atoms with E-state index in [2.05, 4.69) is 13.8 Å². The van der Waals surface area contributed by atoms with E-state index in [0.29, 0.717) is 5.41 Å². The minimum Gasteiger partial charge on any atom is -0.375 e. The van der Waals surface area contributed by atoms with Crippen LogP contribution in [0.4, 0.5) is 0 Å². The molecule has 3 fully saturated rings. The second kappa shape index (κ2) is 3.44. The lowest BCUT2D eigenvalue weighted by atomic mass is 9.63. The van der Waals surface area contributed by atoms with E-state index in [1.54, 1.807) is 0 Å². The summed E-state index contributed by atoms with van der Waals surface area (Å²) in [6, 6.07) is 0. The van der Waals surface area contributed by atoms with Gasteiger partial charge in [-0.15, -0.1) is 0 Å². The molecule has 16 heavy (non-hydrogen) atoms. The normalized spacial score (nSPS) is 34.9. The third-order valence-corrected chi connectivity index (χ3v) is 5.10. The molecule has 0 bridgehead atoms. The lowest BCUT2D eigenvalue weighted by Gasteiger charge is -2.47. The Bertz CT molecular complexity index is 269. The van der Waals surface area contributed by atoms with E-state index in [1.807, 2.05) is 0 Å². The van der Waals surface area contributed by atoms with Crippen LogP contribution in [0.25, 0.3) is 0 Å². The predicted octanol–water partition coefficient (Wildman–Crippen LogP) is 2.49. The van der Waals surface area contributed by atoms with Gasteiger partial charge in [-0.25, -0.2) is 0 Å². The average molecular weight is 226 g/mol. The molecule has 0 aromatic heterocycles. The fraction of sp³-hybridized carbons (Fsp3) is 1.00. The maximum atomic E-state index is 5.90. The molecule has 0 atom stereocenters. The van der Waals surface area contributed by atoms with Gasteiger partial charge in [0.1, 0.15) is 0 Å². The Morgan fingerprint density at radius 1 is 0.688 bits per heavy atom. The molecule has 1 aliphatic carbocycles. The molecule has 92 valence electrons. The predicted molar refractivity (Wildman–Crippen MR) is 60.2 cm³/mol. The number of hydrogen-bond donors (Lipinski definition) is 0. The zero-order valence-corrected chi connectivity index (χ0v) is 10.4. The highest BCUT2D eigenvalue weighted by Crippen LogP contribution is 2.55. The van der Waals surface area contributed by atoms with E-state index >= 15 is 0 Å². The van der Waals surface area contributed by atoms with Crippen LogP contribution in [0.1, 0.15) is 46.0 Å². The quantitative estimate of drug-likeness (QED) is 0.635. The third kappa shape index (κ3) is 1.45. The van der Waals surface area contributed by atoms with Crippen molar-refractivity contribution in [2.75, 3.05) is 19.8 Å². The summed E-state index contributed by atoms with van der Waals surface area (Å²) < 4.78 is 17.5. The molecule has 2 aliphatic heterocycles. The molecule has 2 spiro atoms. The van der Waals surface area contributed by atoms with Crippen molar-refractivity contribution in [3.8, 4) is 0 Å². The summed E-state index contributed by atoms with van der Waals surface area (Å²) in [7, 11) is 0. The average Bonchev–Trinajstić information content (AvgIpc) is 2.79. The Morgan fingerprint density at radius 2 is 1.31 bits per heavy atom. The highest BCUT2D eigenvalue weighted by molar-refractivity contribution is 5.03. The maximum absolute atomic E-state index is 5.90. The van der Waals surface area contributed by atoms with Gasteiger partial charge in [0.2, 0.25) is 0 Å². The van der Waals surface area contributed by atoms with Gasteiger partial charge in [-0.2, -0.15) is 0 Å². The van der Waals surface area contributed by atoms with Crippen LogP contribution < -0.4 is 0 Å². The summed E-state index contributed by atoms with van der Waals surface area (Å²) >= 11 is 0. The molecular formula is C13H22O3. The molecule has 0 aromatic rings. The molecule has 0 aromatic carbocycles. The van der Waals surface area contributed by atoms with Gasteiger partial charge in [0.15, 0.2) is 5.79 Å². The highest BCUT2D eigenvalue weighted by atomic mass is 16.7. The van der Waals surface area contributed by atoms with Crippen LogP contribution in [-0.2, 0) is 14.2 Å². The minimum atomic E-state index is -0.232. The summed E-state index contributed by atoms with van der Waals surface area (Å²) in [5.41, 5.74) is 0.404. The molecule has 2 heterocycles. The zero-order valence-electron chi connectivity index (χ0n) is 10.4. The summed E-state index contributed by atoms with van der Waals surface area (Å²) in [6.07, 6.45) is 5.65. The van der Waals surface area contributed by atoms with Gasteiger partial charge in [-0.1, -0.05) is 0 Å². The van der Waals surface area contributed by atoms with Gasteiger partial charge in [0.25, 0.3) is 0 Å². The van der Waals surface area contributed by atoms with Gasteiger partial charge >= 0.3 is 0 Å². The molecule has 3 aliphatic rings. The Labute approximate surface area is 97.4 Å². The van der Waals surface area contributed by atoms with Crippen molar-refractivity contribution in [2.45, 2.75) is 57.3 Å². The van der Waals surface area contributed by atoms with E-state index in [1.165, 1.54) is 19.3 Å². The monoisotopic (exact) mass is 226 g/mol. The molecule has 0 radical (unpaired) electrons. The standard InChI is InChI=1S/C13H22O3/c1-11(2)12(7-8-14-11)3-5-13(6-4-12)15-9-10-16-13/h3-10H2,1-2H3. The van der Waals surface area contributed by atoms with Crippen molar-refractivity contribution >= 4 is 0 Å². The fourth-order valence-electron chi connectivity index (χ4n) is 3.70. The van der Waals surface area contributed by atoms with Crippen LogP contribution in [-0.4, -0.2) is 31.2 Å². The molecule has 1 saturated carbocycles. The molecule has 3 rings (SSSR count). The highest BCUT2D eigenvalue weighted by Gasteiger charge is 2.55. The first-order valence-electron chi connectivity index (χ1n) is 6.50. The minimum absolute atomic E-state index is 0.0349. The van der Waals surface area contributed by atoms with Crippen molar-refractivity contribution in [1.29, 1.82) is 0 Å². The number of rotatable bonds is 0. The van der Waals surface area contributed by atoms with Crippen LogP contribution in [0.5, 0.6) is 0 Å². The topological polar surface area (TPSA) is 27.7 Å². The molecule has 3 heteroatoms. The molecular weight excluding hydrogens is 204 g/mol. The van der Waals surface area contributed by atoms with Gasteiger partial charge < -0.3 is 14.2 Å². The zero-order chi connectivity index (χ0) is 11.3. The summed E-state index contributed by atoms with van der Waals surface area (Å²) in [5.74, 6) is -0.232. The lowest BCUT2D eigenvalue weighted by molar-refractivity contribution is -0.202. The van der Waals surface area contributed by atoms with E-state index in [-0.39, 0.29) is 11.4 Å². The fourth-order valence-corrected chi connectivity index (χ4v) is 3.70. The smallest absolute Gasteiger partial charge is 0.168 e. The molecule has 0 N–H and O–H groups in total. The molecule has 3 nitrogen and oxygen atoms in total. The first kappa shape index (κ1) is 11.0. The Hall–Kier alpha value is -0.120. The second-order valence-electron chi connectivity index (χ2n) is 6.00. The number of hydrogen-bond acceptors (Lipinski definition) is 3.